The second-order valence-corrected chi connectivity index (χ2v) is 6.53. The summed E-state index contributed by atoms with van der Waals surface area (Å²) >= 11 is 0. The third-order valence-corrected chi connectivity index (χ3v) is 4.50. The molecule has 28 heavy (non-hydrogen) atoms. The van der Waals surface area contributed by atoms with Gasteiger partial charge in [0, 0.05) is 17.5 Å². The lowest BCUT2D eigenvalue weighted by molar-refractivity contribution is -0.121. The monoisotopic (exact) mass is 378 g/mol. The smallest absolute Gasteiger partial charge is 0.272 e. The lowest BCUT2D eigenvalue weighted by Crippen LogP contribution is -2.29. The lowest BCUT2D eigenvalue weighted by atomic mass is 10.1. The van der Waals surface area contributed by atoms with Gasteiger partial charge in [0.15, 0.2) is 0 Å². The van der Waals surface area contributed by atoms with Crippen molar-refractivity contribution in [1.29, 1.82) is 0 Å². The van der Waals surface area contributed by atoms with E-state index in [0.29, 0.717) is 22.9 Å². The number of rotatable bonds is 6. The van der Waals surface area contributed by atoms with Crippen LogP contribution in [0.15, 0.2) is 53.3 Å². The van der Waals surface area contributed by atoms with E-state index in [2.05, 4.69) is 20.8 Å². The van der Waals surface area contributed by atoms with E-state index in [4.69, 9.17) is 0 Å². The highest BCUT2D eigenvalue weighted by Gasteiger charge is 2.14. The molecule has 7 heteroatoms. The summed E-state index contributed by atoms with van der Waals surface area (Å²) in [6.45, 7) is 3.68. The highest BCUT2D eigenvalue weighted by Crippen LogP contribution is 2.17. The summed E-state index contributed by atoms with van der Waals surface area (Å²) in [5, 5.41) is 13.4. The van der Waals surface area contributed by atoms with Crippen molar-refractivity contribution in [3.05, 3.63) is 70.1 Å². The van der Waals surface area contributed by atoms with Gasteiger partial charge in [-0.25, -0.2) is 5.10 Å². The average molecular weight is 378 g/mol. The number of aromatic amines is 1. The molecule has 3 rings (SSSR count). The maximum Gasteiger partial charge on any atom is 0.272 e. The van der Waals surface area contributed by atoms with Gasteiger partial charge in [0.1, 0.15) is 0 Å². The van der Waals surface area contributed by atoms with E-state index in [9.17, 15) is 14.4 Å². The molecule has 0 aliphatic rings. The number of amides is 2. The normalized spacial score (nSPS) is 11.8. The summed E-state index contributed by atoms with van der Waals surface area (Å²) in [5.41, 5.74) is 1.89. The number of H-pyrrole nitrogens is 1. The van der Waals surface area contributed by atoms with Crippen LogP contribution in [-0.4, -0.2) is 22.0 Å². The SMILES string of the molecule is CCC(=O)Nc1ccc(C(C)NC(=O)Cc2n[nH]c(=O)c3ccccc23)cc1. The van der Waals surface area contributed by atoms with Crippen molar-refractivity contribution in [1.82, 2.24) is 15.5 Å². The molecular formula is C21H22N4O3. The molecule has 1 atom stereocenters. The van der Waals surface area contributed by atoms with Crippen LogP contribution in [0.2, 0.25) is 0 Å². The van der Waals surface area contributed by atoms with Crippen molar-refractivity contribution in [2.45, 2.75) is 32.7 Å². The van der Waals surface area contributed by atoms with Crippen LogP contribution < -0.4 is 16.2 Å². The standard InChI is InChI=1S/C21H22N4O3/c1-3-19(26)23-15-10-8-14(9-11-15)13(2)22-20(27)12-18-16-6-4-5-7-17(16)21(28)25-24-18/h4-11,13H,3,12H2,1-2H3,(H,22,27)(H,23,26)(H,25,28). The van der Waals surface area contributed by atoms with Crippen molar-refractivity contribution < 1.29 is 9.59 Å². The molecule has 0 radical (unpaired) electrons. The minimum absolute atomic E-state index is 0.0465. The number of anilines is 1. The molecule has 1 aromatic heterocycles. The van der Waals surface area contributed by atoms with E-state index >= 15 is 0 Å². The largest absolute Gasteiger partial charge is 0.349 e. The summed E-state index contributed by atoms with van der Waals surface area (Å²) in [4.78, 5) is 35.8. The van der Waals surface area contributed by atoms with E-state index in [-0.39, 0.29) is 29.8 Å². The van der Waals surface area contributed by atoms with Crippen LogP contribution in [0.25, 0.3) is 10.8 Å². The van der Waals surface area contributed by atoms with Gasteiger partial charge in [-0.3, -0.25) is 14.4 Å². The number of nitrogens with zero attached hydrogens (tertiary/aromatic N) is 1. The Morgan fingerprint density at radius 1 is 1.04 bits per heavy atom. The fourth-order valence-electron chi connectivity index (χ4n) is 2.94. The molecule has 0 saturated carbocycles. The first kappa shape index (κ1) is 19.3. The summed E-state index contributed by atoms with van der Waals surface area (Å²) in [7, 11) is 0. The molecule has 0 aliphatic heterocycles. The molecule has 3 aromatic rings. The zero-order chi connectivity index (χ0) is 20.1. The van der Waals surface area contributed by atoms with Crippen LogP contribution in [0.1, 0.15) is 37.6 Å². The number of carbonyl (C=O) groups is 2. The molecule has 2 amide bonds. The Bertz CT molecular complexity index is 1060. The van der Waals surface area contributed by atoms with Crippen molar-refractivity contribution in [2.75, 3.05) is 5.32 Å². The second-order valence-electron chi connectivity index (χ2n) is 6.53. The van der Waals surface area contributed by atoms with Crippen LogP contribution in [0.3, 0.4) is 0 Å². The molecule has 7 nitrogen and oxygen atoms in total. The number of aromatic nitrogens is 2. The van der Waals surface area contributed by atoms with Crippen LogP contribution in [-0.2, 0) is 16.0 Å². The van der Waals surface area contributed by atoms with Gasteiger partial charge in [-0.2, -0.15) is 5.10 Å². The summed E-state index contributed by atoms with van der Waals surface area (Å²) < 4.78 is 0. The predicted molar refractivity (Wildman–Crippen MR) is 108 cm³/mol. The number of fused-ring (bicyclic) bond motifs is 1. The molecule has 0 aliphatic carbocycles. The van der Waals surface area contributed by atoms with E-state index in [1.165, 1.54) is 0 Å². The minimum Gasteiger partial charge on any atom is -0.349 e. The first-order valence-electron chi connectivity index (χ1n) is 9.13. The molecule has 0 spiro atoms. The van der Waals surface area contributed by atoms with Gasteiger partial charge in [-0.1, -0.05) is 37.3 Å². The van der Waals surface area contributed by atoms with Crippen molar-refractivity contribution in [2.24, 2.45) is 0 Å². The number of hydrogen-bond acceptors (Lipinski definition) is 4. The Labute approximate surface area is 162 Å². The highest BCUT2D eigenvalue weighted by atomic mass is 16.2. The van der Waals surface area contributed by atoms with Crippen LogP contribution in [0.5, 0.6) is 0 Å². The number of benzene rings is 2. The zero-order valence-corrected chi connectivity index (χ0v) is 15.8. The van der Waals surface area contributed by atoms with Gasteiger partial charge >= 0.3 is 0 Å². The van der Waals surface area contributed by atoms with Gasteiger partial charge in [0.2, 0.25) is 11.8 Å². The first-order valence-corrected chi connectivity index (χ1v) is 9.13. The van der Waals surface area contributed by atoms with Crippen molar-refractivity contribution in [3.63, 3.8) is 0 Å². The van der Waals surface area contributed by atoms with E-state index < -0.39 is 0 Å². The molecule has 144 valence electrons. The topological polar surface area (TPSA) is 104 Å². The van der Waals surface area contributed by atoms with E-state index in [1.807, 2.05) is 37.3 Å². The fraction of sp³-hybridized carbons (Fsp3) is 0.238. The Hall–Kier alpha value is -3.48. The van der Waals surface area contributed by atoms with Gasteiger partial charge in [0.05, 0.1) is 23.5 Å². The second kappa shape index (κ2) is 8.47. The quantitative estimate of drug-likeness (QED) is 0.613. The summed E-state index contributed by atoms with van der Waals surface area (Å²) in [6.07, 6.45) is 0.480. The molecule has 3 N–H and O–H groups in total. The Morgan fingerprint density at radius 3 is 2.39 bits per heavy atom. The van der Waals surface area contributed by atoms with Crippen LogP contribution in [0.4, 0.5) is 5.69 Å². The van der Waals surface area contributed by atoms with Gasteiger partial charge in [-0.15, -0.1) is 0 Å². The average Bonchev–Trinajstić information content (AvgIpc) is 2.70. The van der Waals surface area contributed by atoms with Gasteiger partial charge in [0.25, 0.3) is 5.56 Å². The Morgan fingerprint density at radius 2 is 1.71 bits per heavy atom. The van der Waals surface area contributed by atoms with E-state index in [0.717, 1.165) is 11.3 Å². The molecule has 0 fully saturated rings. The van der Waals surface area contributed by atoms with Crippen molar-refractivity contribution >= 4 is 28.3 Å². The zero-order valence-electron chi connectivity index (χ0n) is 15.8. The molecule has 2 aromatic carbocycles. The maximum atomic E-state index is 12.5. The molecule has 1 unspecified atom stereocenters. The predicted octanol–water partition coefficient (Wildman–Crippen LogP) is 2.69. The van der Waals surface area contributed by atoms with Crippen molar-refractivity contribution in [3.8, 4) is 0 Å². The Kier molecular flexibility index (Phi) is 5.84. The third-order valence-electron chi connectivity index (χ3n) is 4.50. The minimum atomic E-state index is -0.275. The Balaban J connectivity index is 1.67. The van der Waals surface area contributed by atoms with Crippen LogP contribution >= 0.6 is 0 Å². The summed E-state index contributed by atoms with van der Waals surface area (Å²) in [6, 6.07) is 14.2. The molecule has 1 heterocycles. The number of carbonyl (C=O) groups excluding carboxylic acids is 2. The maximum absolute atomic E-state index is 12.5. The molecule has 0 saturated heterocycles. The lowest BCUT2D eigenvalue weighted by Gasteiger charge is -2.15. The highest BCUT2D eigenvalue weighted by molar-refractivity contribution is 5.90. The fourth-order valence-corrected chi connectivity index (χ4v) is 2.94. The van der Waals surface area contributed by atoms with Gasteiger partial charge in [-0.05, 0) is 30.7 Å². The van der Waals surface area contributed by atoms with E-state index in [1.54, 1.807) is 25.1 Å². The number of hydrogen-bond donors (Lipinski definition) is 3. The van der Waals surface area contributed by atoms with Crippen LogP contribution in [0, 0.1) is 0 Å². The number of nitrogens with one attached hydrogen (secondary N) is 3. The first-order chi connectivity index (χ1) is 13.5. The molecular weight excluding hydrogens is 356 g/mol. The van der Waals surface area contributed by atoms with Gasteiger partial charge < -0.3 is 10.6 Å². The molecule has 0 bridgehead atoms. The summed E-state index contributed by atoms with van der Waals surface area (Å²) in [5.74, 6) is -0.240. The third kappa shape index (κ3) is 4.43.